The third-order valence-electron chi connectivity index (χ3n) is 11.0. The van der Waals surface area contributed by atoms with E-state index in [1.807, 2.05) is 26.2 Å². The maximum atomic E-state index is 12.5. The molecule has 0 N–H and O–H groups in total. The summed E-state index contributed by atoms with van der Waals surface area (Å²) >= 11 is 0. The zero-order chi connectivity index (χ0) is 34.0. The lowest BCUT2D eigenvalue weighted by Gasteiger charge is -2.35. The Morgan fingerprint density at radius 3 is 1.96 bits per heavy atom. The van der Waals surface area contributed by atoms with E-state index in [9.17, 15) is 4.79 Å². The molecule has 5 aromatic carbocycles. The van der Waals surface area contributed by atoms with Crippen LogP contribution >= 0.6 is 0 Å². The number of imidazole rings is 1. The summed E-state index contributed by atoms with van der Waals surface area (Å²) in [5.74, 6) is 1.29. The van der Waals surface area contributed by atoms with Crippen LogP contribution < -0.4 is 5.69 Å². The average Bonchev–Trinajstić information content (AvgIpc) is 3.58. The molecule has 3 atom stereocenters. The lowest BCUT2D eigenvalue weighted by molar-refractivity contribution is 0.426. The molecule has 5 heteroatoms. The van der Waals surface area contributed by atoms with Gasteiger partial charge in [0.25, 0.3) is 0 Å². The van der Waals surface area contributed by atoms with Crippen molar-refractivity contribution in [2.45, 2.75) is 18.3 Å². The minimum atomic E-state index is -0.267. The fourth-order valence-corrected chi connectivity index (χ4v) is 8.35. The maximum absolute atomic E-state index is 12.5. The smallest absolute Gasteiger partial charge is 0.295 e. The fourth-order valence-electron chi connectivity index (χ4n) is 8.35. The van der Waals surface area contributed by atoms with Gasteiger partial charge in [0.05, 0.1) is 22.4 Å². The standard InChI is InChI=1S/C45H36N4O/c1-45(33-15-8-5-9-16-33)37-20-11-10-17-34(37)35-18-12-19-36(42(35)45)43-46-38(30-13-6-4-7-14-30)28-39(47-43)31-23-21-29(22-24-31)32-25-26-40-41(27-32)49(3)44(50)48(40)2/h4-28,34,37H,1-3H3. The van der Waals surface area contributed by atoms with Crippen molar-refractivity contribution in [1.82, 2.24) is 19.1 Å². The van der Waals surface area contributed by atoms with Gasteiger partial charge in [0.15, 0.2) is 5.82 Å². The monoisotopic (exact) mass is 648 g/mol. The third kappa shape index (κ3) is 4.57. The summed E-state index contributed by atoms with van der Waals surface area (Å²) < 4.78 is 3.39. The van der Waals surface area contributed by atoms with Crippen LogP contribution in [0, 0.1) is 5.92 Å². The molecule has 0 saturated heterocycles. The van der Waals surface area contributed by atoms with Gasteiger partial charge in [-0.3, -0.25) is 9.13 Å². The number of aromatic nitrogens is 4. The molecular weight excluding hydrogens is 613 g/mol. The number of nitrogens with zero attached hydrogens (tertiary/aromatic N) is 4. The van der Waals surface area contributed by atoms with Crippen molar-refractivity contribution >= 4 is 11.0 Å². The highest BCUT2D eigenvalue weighted by Crippen LogP contribution is 2.58. The van der Waals surface area contributed by atoms with Gasteiger partial charge in [-0.15, -0.1) is 0 Å². The average molecular weight is 649 g/mol. The van der Waals surface area contributed by atoms with Crippen LogP contribution in [0.15, 0.2) is 156 Å². The lowest BCUT2D eigenvalue weighted by Crippen LogP contribution is -2.30. The zero-order valence-corrected chi connectivity index (χ0v) is 28.3. The summed E-state index contributed by atoms with van der Waals surface area (Å²) in [5.41, 5.74) is 12.5. The van der Waals surface area contributed by atoms with Gasteiger partial charge < -0.3 is 0 Å². The van der Waals surface area contributed by atoms with Gasteiger partial charge >= 0.3 is 5.69 Å². The van der Waals surface area contributed by atoms with E-state index in [4.69, 9.17) is 9.97 Å². The highest BCUT2D eigenvalue weighted by molar-refractivity contribution is 5.83. The Morgan fingerprint density at radius 1 is 0.600 bits per heavy atom. The second-order valence-corrected chi connectivity index (χ2v) is 13.7. The van der Waals surface area contributed by atoms with E-state index in [-0.39, 0.29) is 22.9 Å². The first-order chi connectivity index (χ1) is 24.4. The van der Waals surface area contributed by atoms with Gasteiger partial charge in [-0.25, -0.2) is 14.8 Å². The number of allylic oxidation sites excluding steroid dienone is 4. The Balaban J connectivity index is 1.20. The van der Waals surface area contributed by atoms with Gasteiger partial charge in [-0.2, -0.15) is 0 Å². The van der Waals surface area contributed by atoms with Crippen LogP contribution in [0.1, 0.15) is 29.5 Å². The quantitative estimate of drug-likeness (QED) is 0.187. The number of fused-ring (bicyclic) bond motifs is 4. The molecule has 242 valence electrons. The van der Waals surface area contributed by atoms with Crippen LogP contribution in [0.2, 0.25) is 0 Å². The highest BCUT2D eigenvalue weighted by Gasteiger charge is 2.50. The summed E-state index contributed by atoms with van der Waals surface area (Å²) in [5, 5.41) is 0. The van der Waals surface area contributed by atoms with Crippen LogP contribution in [0.25, 0.3) is 56.1 Å². The van der Waals surface area contributed by atoms with Gasteiger partial charge in [0.1, 0.15) is 0 Å². The molecule has 3 unspecified atom stereocenters. The number of rotatable bonds is 5. The molecule has 0 spiro atoms. The Kier molecular flexibility index (Phi) is 6.92. The summed E-state index contributed by atoms with van der Waals surface area (Å²) in [6, 6.07) is 44.8. The molecule has 2 aliphatic carbocycles. The van der Waals surface area contributed by atoms with Gasteiger partial charge in [-0.1, -0.05) is 140 Å². The van der Waals surface area contributed by atoms with E-state index in [1.54, 1.807) is 9.13 Å². The van der Waals surface area contributed by atoms with Gasteiger partial charge in [0.2, 0.25) is 0 Å². The molecule has 2 heterocycles. The van der Waals surface area contributed by atoms with Crippen LogP contribution in [-0.4, -0.2) is 19.1 Å². The Morgan fingerprint density at radius 2 is 1.22 bits per heavy atom. The van der Waals surface area contributed by atoms with E-state index in [0.29, 0.717) is 0 Å². The maximum Gasteiger partial charge on any atom is 0.328 e. The molecule has 2 aromatic heterocycles. The largest absolute Gasteiger partial charge is 0.328 e. The molecule has 0 saturated carbocycles. The van der Waals surface area contributed by atoms with Crippen molar-refractivity contribution in [2.24, 2.45) is 20.0 Å². The van der Waals surface area contributed by atoms with Crippen molar-refractivity contribution in [3.05, 3.63) is 179 Å². The SMILES string of the molecule is Cn1c(=O)n(C)c2cc(-c3ccc(-c4cc(-c5ccccc5)nc(-c5cccc6c5C(C)(c5ccccc5)C5C=CC=CC65)n4)cc3)ccc21. The van der Waals surface area contributed by atoms with Crippen LogP contribution in [0.5, 0.6) is 0 Å². The van der Waals surface area contributed by atoms with E-state index in [2.05, 4.69) is 146 Å². The molecule has 0 aliphatic heterocycles. The second kappa shape index (κ2) is 11.5. The highest BCUT2D eigenvalue weighted by atomic mass is 16.1. The summed E-state index contributed by atoms with van der Waals surface area (Å²) in [7, 11) is 3.63. The summed E-state index contributed by atoms with van der Waals surface area (Å²) in [6.45, 7) is 2.39. The van der Waals surface area contributed by atoms with Crippen molar-refractivity contribution in [1.29, 1.82) is 0 Å². The normalized spacial score (nSPS) is 19.1. The Bertz CT molecular complexity index is 2540. The predicted molar refractivity (Wildman–Crippen MR) is 203 cm³/mol. The minimum absolute atomic E-state index is 0.0267. The Labute approximate surface area is 291 Å². The minimum Gasteiger partial charge on any atom is -0.295 e. The van der Waals surface area contributed by atoms with Crippen molar-refractivity contribution in [3.63, 3.8) is 0 Å². The molecule has 0 bridgehead atoms. The first kappa shape index (κ1) is 30.0. The molecule has 5 nitrogen and oxygen atoms in total. The van der Waals surface area contributed by atoms with E-state index in [1.165, 1.54) is 16.7 Å². The van der Waals surface area contributed by atoms with E-state index in [0.717, 1.165) is 56.1 Å². The van der Waals surface area contributed by atoms with Crippen LogP contribution in [0.4, 0.5) is 0 Å². The first-order valence-electron chi connectivity index (χ1n) is 17.2. The first-order valence-corrected chi connectivity index (χ1v) is 17.2. The van der Waals surface area contributed by atoms with E-state index >= 15 is 0 Å². The van der Waals surface area contributed by atoms with E-state index < -0.39 is 0 Å². The van der Waals surface area contributed by atoms with Crippen molar-refractivity contribution in [3.8, 4) is 45.0 Å². The number of aryl methyl sites for hydroxylation is 2. The molecule has 9 rings (SSSR count). The third-order valence-corrected chi connectivity index (χ3v) is 11.0. The molecule has 0 fully saturated rings. The van der Waals surface area contributed by atoms with Crippen molar-refractivity contribution in [2.75, 3.05) is 0 Å². The van der Waals surface area contributed by atoms with Gasteiger partial charge in [0, 0.05) is 48.0 Å². The molecule has 2 aliphatic rings. The van der Waals surface area contributed by atoms with Crippen molar-refractivity contribution < 1.29 is 0 Å². The lowest BCUT2D eigenvalue weighted by atomic mass is 9.68. The molecule has 0 radical (unpaired) electrons. The number of hydrogen-bond acceptors (Lipinski definition) is 3. The molecule has 0 amide bonds. The predicted octanol–water partition coefficient (Wildman–Crippen LogP) is 9.48. The van der Waals surface area contributed by atoms with Crippen LogP contribution in [0.3, 0.4) is 0 Å². The molecular formula is C45H36N4O. The number of hydrogen-bond donors (Lipinski definition) is 0. The zero-order valence-electron chi connectivity index (χ0n) is 28.3. The summed E-state index contributed by atoms with van der Waals surface area (Å²) in [4.78, 5) is 23.2. The molecule has 7 aromatic rings. The van der Waals surface area contributed by atoms with Gasteiger partial charge in [-0.05, 0) is 46.0 Å². The molecule has 50 heavy (non-hydrogen) atoms. The topological polar surface area (TPSA) is 52.7 Å². The second-order valence-electron chi connectivity index (χ2n) is 13.7. The Hall–Kier alpha value is -6.07. The van der Waals surface area contributed by atoms with Crippen LogP contribution in [-0.2, 0) is 19.5 Å². The fraction of sp³-hybridized carbons (Fsp3) is 0.133. The summed E-state index contributed by atoms with van der Waals surface area (Å²) in [6.07, 6.45) is 9.11. The number of benzene rings is 5.